The molecule has 3 rings (SSSR count). The number of halogens is 1. The van der Waals surface area contributed by atoms with Gasteiger partial charge in [-0.25, -0.2) is 9.37 Å². The molecule has 0 radical (unpaired) electrons. The van der Waals surface area contributed by atoms with Gasteiger partial charge in [-0.05, 0) is 31.5 Å². The molecule has 1 unspecified atom stereocenters. The summed E-state index contributed by atoms with van der Waals surface area (Å²) < 4.78 is 15.0. The number of anilines is 1. The van der Waals surface area contributed by atoms with Gasteiger partial charge < -0.3 is 15.6 Å². The Kier molecular flexibility index (Phi) is 2.48. The summed E-state index contributed by atoms with van der Waals surface area (Å²) in [6.45, 7) is 1.86. The summed E-state index contributed by atoms with van der Waals surface area (Å²) in [5, 5.41) is 3.42. The van der Waals surface area contributed by atoms with Crippen molar-refractivity contribution in [2.24, 2.45) is 0 Å². The number of aromatic nitrogens is 2. The van der Waals surface area contributed by atoms with Crippen molar-refractivity contribution in [1.82, 2.24) is 14.9 Å². The average molecular weight is 234 g/mol. The molecule has 0 amide bonds. The van der Waals surface area contributed by atoms with Crippen molar-refractivity contribution in [2.75, 3.05) is 12.3 Å². The molecule has 1 saturated heterocycles. The largest absolute Gasteiger partial charge is 0.369 e. The first-order valence-electron chi connectivity index (χ1n) is 5.89. The van der Waals surface area contributed by atoms with Crippen molar-refractivity contribution < 1.29 is 4.39 Å². The molecule has 17 heavy (non-hydrogen) atoms. The molecule has 4 nitrogen and oxygen atoms in total. The van der Waals surface area contributed by atoms with E-state index in [-0.39, 0.29) is 5.82 Å². The van der Waals surface area contributed by atoms with Gasteiger partial charge in [0.1, 0.15) is 5.82 Å². The van der Waals surface area contributed by atoms with E-state index >= 15 is 0 Å². The van der Waals surface area contributed by atoms with Crippen molar-refractivity contribution in [3.05, 3.63) is 24.0 Å². The highest BCUT2D eigenvalue weighted by molar-refractivity contribution is 5.78. The number of hydrogen-bond acceptors (Lipinski definition) is 3. The fourth-order valence-corrected chi connectivity index (χ4v) is 2.45. The number of nitrogens with zero attached hydrogens (tertiary/aromatic N) is 2. The molecule has 1 fully saturated rings. The fraction of sp³-hybridized carbons (Fsp3) is 0.417. The minimum absolute atomic E-state index is 0.277. The molecular weight excluding hydrogens is 219 g/mol. The molecule has 1 aliphatic heterocycles. The van der Waals surface area contributed by atoms with Crippen LogP contribution < -0.4 is 11.1 Å². The van der Waals surface area contributed by atoms with E-state index in [1.54, 1.807) is 6.07 Å². The minimum Gasteiger partial charge on any atom is -0.369 e. The van der Waals surface area contributed by atoms with E-state index in [4.69, 9.17) is 5.73 Å². The predicted molar refractivity (Wildman–Crippen MR) is 65.1 cm³/mol. The van der Waals surface area contributed by atoms with Crippen LogP contribution in [0.5, 0.6) is 0 Å². The first-order valence-corrected chi connectivity index (χ1v) is 5.89. The lowest BCUT2D eigenvalue weighted by Gasteiger charge is -2.12. The van der Waals surface area contributed by atoms with Crippen LogP contribution in [0.3, 0.4) is 0 Å². The van der Waals surface area contributed by atoms with Crippen molar-refractivity contribution in [3.63, 3.8) is 0 Å². The Morgan fingerprint density at radius 3 is 3.18 bits per heavy atom. The van der Waals surface area contributed by atoms with E-state index in [1.807, 2.05) is 4.57 Å². The highest BCUT2D eigenvalue weighted by Gasteiger charge is 2.17. The van der Waals surface area contributed by atoms with E-state index in [0.29, 0.717) is 17.5 Å². The third kappa shape index (κ3) is 1.86. The summed E-state index contributed by atoms with van der Waals surface area (Å²) in [5.74, 6) is 0.181. The van der Waals surface area contributed by atoms with Crippen LogP contribution in [0.4, 0.5) is 10.3 Å². The van der Waals surface area contributed by atoms with Gasteiger partial charge in [0.2, 0.25) is 5.95 Å². The molecule has 1 aromatic carbocycles. The van der Waals surface area contributed by atoms with Gasteiger partial charge in [0.05, 0.1) is 11.0 Å². The fourth-order valence-electron chi connectivity index (χ4n) is 2.45. The molecule has 90 valence electrons. The molecule has 1 aromatic heterocycles. The summed E-state index contributed by atoms with van der Waals surface area (Å²) >= 11 is 0. The Labute approximate surface area is 98.6 Å². The number of rotatable bonds is 2. The van der Waals surface area contributed by atoms with Gasteiger partial charge in [0.15, 0.2) is 0 Å². The zero-order valence-electron chi connectivity index (χ0n) is 9.49. The van der Waals surface area contributed by atoms with Crippen LogP contribution in [0.25, 0.3) is 11.0 Å². The third-order valence-electron chi connectivity index (χ3n) is 3.31. The van der Waals surface area contributed by atoms with Gasteiger partial charge in [-0.2, -0.15) is 0 Å². The molecule has 0 bridgehead atoms. The Bertz CT molecular complexity index is 543. The number of fused-ring (bicyclic) bond motifs is 1. The van der Waals surface area contributed by atoms with Crippen LogP contribution in [0.1, 0.15) is 12.8 Å². The van der Waals surface area contributed by atoms with Gasteiger partial charge in [0, 0.05) is 18.7 Å². The van der Waals surface area contributed by atoms with Crippen LogP contribution in [0.15, 0.2) is 18.2 Å². The Hall–Kier alpha value is -1.62. The molecule has 5 heteroatoms. The maximum Gasteiger partial charge on any atom is 0.201 e. The molecule has 0 spiro atoms. The van der Waals surface area contributed by atoms with E-state index in [9.17, 15) is 4.39 Å². The van der Waals surface area contributed by atoms with E-state index < -0.39 is 0 Å². The highest BCUT2D eigenvalue weighted by atomic mass is 19.1. The van der Waals surface area contributed by atoms with Crippen molar-refractivity contribution in [1.29, 1.82) is 0 Å². The zero-order valence-corrected chi connectivity index (χ0v) is 9.49. The molecule has 1 aliphatic rings. The summed E-state index contributed by atoms with van der Waals surface area (Å²) in [6, 6.07) is 5.05. The van der Waals surface area contributed by atoms with Crippen LogP contribution in [0, 0.1) is 5.82 Å². The number of hydrogen-bond donors (Lipinski definition) is 2. The molecule has 2 heterocycles. The maximum absolute atomic E-state index is 13.1. The van der Waals surface area contributed by atoms with Crippen LogP contribution in [-0.2, 0) is 6.54 Å². The summed E-state index contributed by atoms with van der Waals surface area (Å²) in [7, 11) is 0. The first-order chi connectivity index (χ1) is 8.24. The SMILES string of the molecule is Nc1nc2cc(F)ccc2n1CC1CCCN1. The molecular formula is C12H15FN4. The second-order valence-electron chi connectivity index (χ2n) is 4.51. The van der Waals surface area contributed by atoms with E-state index in [2.05, 4.69) is 10.3 Å². The van der Waals surface area contributed by atoms with Crippen molar-refractivity contribution in [3.8, 4) is 0 Å². The van der Waals surface area contributed by atoms with Crippen LogP contribution >= 0.6 is 0 Å². The zero-order chi connectivity index (χ0) is 11.8. The van der Waals surface area contributed by atoms with Gasteiger partial charge in [-0.1, -0.05) is 0 Å². The first kappa shape index (κ1) is 10.5. The number of nitrogens with one attached hydrogen (secondary N) is 1. The Balaban J connectivity index is 1.99. The molecule has 1 atom stereocenters. The quantitative estimate of drug-likeness (QED) is 0.828. The lowest BCUT2D eigenvalue weighted by atomic mass is 10.2. The summed E-state index contributed by atoms with van der Waals surface area (Å²) in [4.78, 5) is 4.19. The number of benzene rings is 1. The Morgan fingerprint density at radius 1 is 1.53 bits per heavy atom. The number of nitrogens with two attached hydrogens (primary N) is 1. The van der Waals surface area contributed by atoms with E-state index in [0.717, 1.165) is 25.0 Å². The Morgan fingerprint density at radius 2 is 2.41 bits per heavy atom. The monoisotopic (exact) mass is 234 g/mol. The maximum atomic E-state index is 13.1. The predicted octanol–water partition coefficient (Wildman–Crippen LogP) is 1.51. The third-order valence-corrected chi connectivity index (χ3v) is 3.31. The van der Waals surface area contributed by atoms with Crippen molar-refractivity contribution in [2.45, 2.75) is 25.4 Å². The summed E-state index contributed by atoms with van der Waals surface area (Å²) in [5.41, 5.74) is 7.41. The van der Waals surface area contributed by atoms with Crippen LogP contribution in [0.2, 0.25) is 0 Å². The number of nitrogen functional groups attached to an aromatic ring is 1. The minimum atomic E-state index is -0.277. The highest BCUT2D eigenvalue weighted by Crippen LogP contribution is 2.20. The van der Waals surface area contributed by atoms with E-state index in [1.165, 1.54) is 18.6 Å². The second kappa shape index (κ2) is 4.00. The van der Waals surface area contributed by atoms with Crippen LogP contribution in [-0.4, -0.2) is 22.1 Å². The van der Waals surface area contributed by atoms with Gasteiger partial charge in [0.25, 0.3) is 0 Å². The number of imidazole rings is 1. The second-order valence-corrected chi connectivity index (χ2v) is 4.51. The molecule has 0 aliphatic carbocycles. The summed E-state index contributed by atoms with van der Waals surface area (Å²) in [6.07, 6.45) is 2.35. The lowest BCUT2D eigenvalue weighted by molar-refractivity contribution is 0.521. The van der Waals surface area contributed by atoms with Gasteiger partial charge in [-0.15, -0.1) is 0 Å². The molecule has 2 aromatic rings. The normalized spacial score (nSPS) is 20.2. The van der Waals surface area contributed by atoms with Crippen molar-refractivity contribution >= 4 is 17.0 Å². The standard InChI is InChI=1S/C12H15FN4/c13-8-3-4-11-10(6-8)16-12(14)17(11)7-9-2-1-5-15-9/h3-4,6,9,15H,1-2,5,7H2,(H2,14,16). The average Bonchev–Trinajstić information content (AvgIpc) is 2.88. The van der Waals surface area contributed by atoms with Gasteiger partial charge >= 0.3 is 0 Å². The molecule has 3 N–H and O–H groups in total. The topological polar surface area (TPSA) is 55.9 Å². The lowest BCUT2D eigenvalue weighted by Crippen LogP contribution is -2.27. The van der Waals surface area contributed by atoms with Gasteiger partial charge in [-0.3, -0.25) is 0 Å². The smallest absolute Gasteiger partial charge is 0.201 e. The molecule has 0 saturated carbocycles.